The van der Waals surface area contributed by atoms with Gasteiger partial charge < -0.3 is 25.5 Å². The van der Waals surface area contributed by atoms with Crippen LogP contribution in [0.15, 0.2) is 65.4 Å². The molecule has 8 nitrogen and oxygen atoms in total. The van der Waals surface area contributed by atoms with Gasteiger partial charge in [0.15, 0.2) is 0 Å². The number of aliphatic hydroxyl groups is 1. The summed E-state index contributed by atoms with van der Waals surface area (Å²) in [5.41, 5.74) is -0.968. The van der Waals surface area contributed by atoms with Crippen LogP contribution in [-0.2, 0) is 16.6 Å². The molecule has 1 saturated carbocycles. The van der Waals surface area contributed by atoms with Gasteiger partial charge in [0.25, 0.3) is 5.91 Å². The average molecular weight is 557 g/mol. The lowest BCUT2D eigenvalue weighted by atomic mass is 9.68. The number of halogens is 3. The van der Waals surface area contributed by atoms with Gasteiger partial charge in [-0.25, -0.2) is 4.98 Å². The molecule has 2 fully saturated rings. The number of carbonyl (C=O) groups excluding carboxylic acids is 2. The summed E-state index contributed by atoms with van der Waals surface area (Å²) in [6, 6.07) is 11.6. The molecule has 40 heavy (non-hydrogen) atoms. The summed E-state index contributed by atoms with van der Waals surface area (Å²) in [5, 5.41) is 20.3. The monoisotopic (exact) mass is 556 g/mol. The number of oxazole rings is 1. The Hall–Kier alpha value is -3.70. The highest BCUT2D eigenvalue weighted by Gasteiger charge is 2.46. The Morgan fingerprint density at radius 2 is 1.85 bits per heavy atom. The van der Waals surface area contributed by atoms with Gasteiger partial charge in [0.2, 0.25) is 11.8 Å². The molecule has 1 aromatic heterocycles. The van der Waals surface area contributed by atoms with Crippen LogP contribution in [-0.4, -0.2) is 47.1 Å². The van der Waals surface area contributed by atoms with E-state index in [0.29, 0.717) is 44.5 Å². The van der Waals surface area contributed by atoms with Gasteiger partial charge in [0, 0.05) is 17.7 Å². The summed E-state index contributed by atoms with van der Waals surface area (Å²) in [6.07, 6.45) is 1.66. The number of aromatic nitrogens is 1. The molecule has 5 rings (SSSR count). The number of nitrogens with one attached hydrogen (secondary N) is 3. The zero-order chi connectivity index (χ0) is 28.4. The summed E-state index contributed by atoms with van der Waals surface area (Å²) in [6.45, 7) is 0.929. The van der Waals surface area contributed by atoms with Crippen molar-refractivity contribution in [3.63, 3.8) is 0 Å². The largest absolute Gasteiger partial charge is 0.445 e. The van der Waals surface area contributed by atoms with E-state index < -0.39 is 34.7 Å². The summed E-state index contributed by atoms with van der Waals surface area (Å²) in [7, 11) is 0. The zero-order valence-corrected chi connectivity index (χ0v) is 21.8. The maximum Gasteiger partial charge on any atom is 0.416 e. The van der Waals surface area contributed by atoms with E-state index >= 15 is 0 Å². The molecule has 1 aliphatic heterocycles. The van der Waals surface area contributed by atoms with Gasteiger partial charge >= 0.3 is 6.18 Å². The molecular weight excluding hydrogens is 525 g/mol. The Labute approximate surface area is 229 Å². The van der Waals surface area contributed by atoms with Gasteiger partial charge in [-0.15, -0.1) is 0 Å². The number of hydrogen-bond acceptors (Lipinski definition) is 6. The van der Waals surface area contributed by atoms with Crippen molar-refractivity contribution in [1.29, 1.82) is 0 Å². The normalized spacial score (nSPS) is 24.9. The maximum atomic E-state index is 13.0. The van der Waals surface area contributed by atoms with Gasteiger partial charge in [-0.1, -0.05) is 18.2 Å². The van der Waals surface area contributed by atoms with Crippen molar-refractivity contribution in [3.8, 4) is 11.5 Å². The lowest BCUT2D eigenvalue weighted by Crippen LogP contribution is -2.58. The van der Waals surface area contributed by atoms with Crippen molar-refractivity contribution >= 4 is 11.8 Å². The molecule has 1 atom stereocenters. The number of carbonyl (C=O) groups is 2. The van der Waals surface area contributed by atoms with Crippen molar-refractivity contribution in [3.05, 3.63) is 77.7 Å². The van der Waals surface area contributed by atoms with Crippen LogP contribution in [0.3, 0.4) is 0 Å². The molecule has 1 saturated heterocycles. The number of hydrogen-bond donors (Lipinski definition) is 4. The number of amides is 2. The highest BCUT2D eigenvalue weighted by atomic mass is 19.4. The van der Waals surface area contributed by atoms with Crippen LogP contribution in [0.5, 0.6) is 0 Å². The van der Waals surface area contributed by atoms with E-state index in [4.69, 9.17) is 4.42 Å². The van der Waals surface area contributed by atoms with Crippen LogP contribution in [0.2, 0.25) is 0 Å². The SMILES string of the molecule is O=C(CNC(=O)c1cccc(C(F)(F)F)c1)N[C@@]1(C2CCC(O)(c3ccc(-c4ncco4)cc3)CC2)CCNC1. The van der Waals surface area contributed by atoms with E-state index in [1.54, 1.807) is 6.20 Å². The Morgan fingerprint density at radius 1 is 1.10 bits per heavy atom. The molecule has 0 bridgehead atoms. The third kappa shape index (κ3) is 5.90. The Morgan fingerprint density at radius 3 is 2.48 bits per heavy atom. The van der Waals surface area contributed by atoms with E-state index in [9.17, 15) is 27.9 Å². The third-order valence-electron chi connectivity index (χ3n) is 8.13. The molecule has 2 aromatic carbocycles. The molecule has 0 radical (unpaired) electrons. The quantitative estimate of drug-likeness (QED) is 0.350. The smallest absolute Gasteiger partial charge is 0.416 e. The Kier molecular flexibility index (Phi) is 7.70. The first kappa shape index (κ1) is 27.9. The summed E-state index contributed by atoms with van der Waals surface area (Å²) >= 11 is 0. The minimum Gasteiger partial charge on any atom is -0.445 e. The highest BCUT2D eigenvalue weighted by Crippen LogP contribution is 2.44. The van der Waals surface area contributed by atoms with Crippen molar-refractivity contribution in [1.82, 2.24) is 20.9 Å². The summed E-state index contributed by atoms with van der Waals surface area (Å²) in [4.78, 5) is 29.5. The van der Waals surface area contributed by atoms with E-state index in [1.165, 1.54) is 12.3 Å². The number of benzene rings is 2. The Balaban J connectivity index is 1.18. The second kappa shape index (κ2) is 11.1. The lowest BCUT2D eigenvalue weighted by Gasteiger charge is -2.44. The van der Waals surface area contributed by atoms with Crippen molar-refractivity contribution in [2.45, 2.75) is 49.4 Å². The second-order valence-corrected chi connectivity index (χ2v) is 10.6. The first-order valence-electron chi connectivity index (χ1n) is 13.3. The minimum atomic E-state index is -4.57. The average Bonchev–Trinajstić information content (AvgIpc) is 3.65. The van der Waals surface area contributed by atoms with E-state index in [0.717, 1.165) is 35.9 Å². The molecule has 0 spiro atoms. The van der Waals surface area contributed by atoms with Gasteiger partial charge in [-0.2, -0.15) is 13.2 Å². The van der Waals surface area contributed by atoms with Crippen molar-refractivity contribution < 1.29 is 32.3 Å². The van der Waals surface area contributed by atoms with E-state index in [2.05, 4.69) is 20.9 Å². The number of rotatable bonds is 7. The molecule has 4 N–H and O–H groups in total. The minimum absolute atomic E-state index is 0.109. The molecule has 2 aliphatic rings. The first-order valence-corrected chi connectivity index (χ1v) is 13.3. The molecule has 1 aliphatic carbocycles. The van der Waals surface area contributed by atoms with Crippen molar-refractivity contribution in [2.75, 3.05) is 19.6 Å². The van der Waals surface area contributed by atoms with Crippen LogP contribution in [0.1, 0.15) is 53.6 Å². The third-order valence-corrected chi connectivity index (χ3v) is 8.13. The van der Waals surface area contributed by atoms with Gasteiger partial charge in [-0.05, 0) is 80.5 Å². The van der Waals surface area contributed by atoms with Gasteiger partial charge in [0.1, 0.15) is 6.26 Å². The Bertz CT molecular complexity index is 1330. The molecule has 0 unspecified atom stereocenters. The molecule has 2 amide bonds. The predicted molar refractivity (Wildman–Crippen MR) is 140 cm³/mol. The summed E-state index contributed by atoms with van der Waals surface area (Å²) in [5.74, 6) is -0.541. The van der Waals surface area contributed by atoms with Crippen LogP contribution >= 0.6 is 0 Å². The highest BCUT2D eigenvalue weighted by molar-refractivity contribution is 5.96. The fraction of sp³-hybridized carbons (Fsp3) is 0.414. The van der Waals surface area contributed by atoms with Crippen LogP contribution in [0, 0.1) is 5.92 Å². The molecule has 11 heteroatoms. The first-order chi connectivity index (χ1) is 19.1. The topological polar surface area (TPSA) is 116 Å². The lowest BCUT2D eigenvalue weighted by molar-refractivity contribution is -0.137. The number of nitrogens with zero attached hydrogens (tertiary/aromatic N) is 1. The molecule has 2 heterocycles. The molecule has 3 aromatic rings. The standard InChI is InChI=1S/C29H31F3N4O4/c30-29(31,32)23-3-1-2-20(16-23)25(38)35-17-24(37)36-27(12-13-33-18-27)21-8-10-28(39,11-9-21)22-6-4-19(5-7-22)26-34-14-15-40-26/h1-7,14-16,21,33,39H,8-13,17-18H2,(H,35,38)(H,36,37)/t21?,27-,28?/m0/s1. The predicted octanol–water partition coefficient (Wildman–Crippen LogP) is 4.02. The fourth-order valence-corrected chi connectivity index (χ4v) is 5.92. The second-order valence-electron chi connectivity index (χ2n) is 10.6. The van der Waals surface area contributed by atoms with Crippen LogP contribution in [0.4, 0.5) is 13.2 Å². The number of alkyl halides is 3. The van der Waals surface area contributed by atoms with E-state index in [-0.39, 0.29) is 18.0 Å². The van der Waals surface area contributed by atoms with E-state index in [1.807, 2.05) is 24.3 Å². The van der Waals surface area contributed by atoms with Gasteiger partial charge in [-0.3, -0.25) is 9.59 Å². The maximum absolute atomic E-state index is 13.0. The molecular formula is C29H31F3N4O4. The van der Waals surface area contributed by atoms with Crippen molar-refractivity contribution in [2.24, 2.45) is 5.92 Å². The van der Waals surface area contributed by atoms with Crippen LogP contribution in [0.25, 0.3) is 11.5 Å². The van der Waals surface area contributed by atoms with Gasteiger partial charge in [0.05, 0.1) is 29.4 Å². The zero-order valence-electron chi connectivity index (χ0n) is 21.8. The summed E-state index contributed by atoms with van der Waals surface area (Å²) < 4.78 is 44.3. The molecule has 212 valence electrons. The van der Waals surface area contributed by atoms with Crippen LogP contribution < -0.4 is 16.0 Å². The fourth-order valence-electron chi connectivity index (χ4n) is 5.92.